The van der Waals surface area contributed by atoms with Crippen LogP contribution in [0.3, 0.4) is 0 Å². The monoisotopic (exact) mass is 239 g/mol. The summed E-state index contributed by atoms with van der Waals surface area (Å²) >= 11 is 0. The first-order chi connectivity index (χ1) is 8.83. The Morgan fingerprint density at radius 3 is 3.06 bits per heavy atom. The maximum atomic E-state index is 5.38. The molecule has 2 rings (SSSR count). The van der Waals surface area contributed by atoms with Gasteiger partial charge in [0.25, 0.3) is 0 Å². The van der Waals surface area contributed by atoms with Crippen LogP contribution in [0.15, 0.2) is 36.5 Å². The molecule has 0 aliphatic heterocycles. The number of rotatable bonds is 5. The van der Waals surface area contributed by atoms with Gasteiger partial charge in [-0.05, 0) is 30.7 Å². The van der Waals surface area contributed by atoms with Crippen LogP contribution in [-0.2, 0) is 13.1 Å². The second kappa shape index (κ2) is 5.92. The summed E-state index contributed by atoms with van der Waals surface area (Å²) in [6, 6.07) is 9.91. The van der Waals surface area contributed by atoms with Crippen LogP contribution in [0.2, 0.25) is 0 Å². The van der Waals surface area contributed by atoms with Crippen molar-refractivity contribution >= 4 is 5.69 Å². The lowest BCUT2D eigenvalue weighted by Gasteiger charge is -2.09. The number of hydrogen-bond donors (Lipinski definition) is 1. The minimum atomic E-state index is 0.758. The van der Waals surface area contributed by atoms with E-state index in [9.17, 15) is 0 Å². The van der Waals surface area contributed by atoms with Gasteiger partial charge < -0.3 is 5.32 Å². The summed E-state index contributed by atoms with van der Waals surface area (Å²) in [5, 5.41) is 7.66. The second-order valence-electron chi connectivity index (χ2n) is 4.12. The van der Waals surface area contributed by atoms with Gasteiger partial charge in [-0.15, -0.1) is 6.42 Å². The van der Waals surface area contributed by atoms with Crippen LogP contribution >= 0.6 is 0 Å². The molecule has 0 aliphatic carbocycles. The van der Waals surface area contributed by atoms with E-state index >= 15 is 0 Å². The van der Waals surface area contributed by atoms with Crippen LogP contribution in [0.1, 0.15) is 24.6 Å². The minimum Gasteiger partial charge on any atom is -0.379 e. The lowest BCUT2D eigenvalue weighted by molar-refractivity contribution is 0.578. The van der Waals surface area contributed by atoms with Gasteiger partial charge in [-0.1, -0.05) is 18.9 Å². The molecule has 2 aromatic rings. The van der Waals surface area contributed by atoms with E-state index in [1.165, 1.54) is 5.69 Å². The van der Waals surface area contributed by atoms with Gasteiger partial charge in [0.2, 0.25) is 0 Å². The van der Waals surface area contributed by atoms with Gasteiger partial charge in [0, 0.05) is 24.0 Å². The van der Waals surface area contributed by atoms with Crippen LogP contribution in [-0.4, -0.2) is 9.78 Å². The molecule has 18 heavy (non-hydrogen) atoms. The predicted molar refractivity (Wildman–Crippen MR) is 74.2 cm³/mol. The lowest BCUT2D eigenvalue weighted by Crippen LogP contribution is -2.08. The minimum absolute atomic E-state index is 0.758. The molecule has 3 nitrogen and oxygen atoms in total. The van der Waals surface area contributed by atoms with Gasteiger partial charge >= 0.3 is 0 Å². The van der Waals surface area contributed by atoms with Crippen molar-refractivity contribution in [1.82, 2.24) is 9.78 Å². The van der Waals surface area contributed by atoms with Crippen molar-refractivity contribution in [2.75, 3.05) is 5.32 Å². The van der Waals surface area contributed by atoms with E-state index in [2.05, 4.69) is 23.3 Å². The van der Waals surface area contributed by atoms with Crippen molar-refractivity contribution in [3.05, 3.63) is 47.8 Å². The molecule has 0 bridgehead atoms. The maximum Gasteiger partial charge on any atom is 0.0575 e. The summed E-state index contributed by atoms with van der Waals surface area (Å²) in [5.74, 6) is 2.63. The Morgan fingerprint density at radius 2 is 2.28 bits per heavy atom. The van der Waals surface area contributed by atoms with E-state index in [-0.39, 0.29) is 0 Å². The summed E-state index contributed by atoms with van der Waals surface area (Å²) in [7, 11) is 0. The van der Waals surface area contributed by atoms with E-state index in [4.69, 9.17) is 6.42 Å². The molecule has 1 aromatic carbocycles. The van der Waals surface area contributed by atoms with Crippen LogP contribution in [0.25, 0.3) is 0 Å². The first kappa shape index (κ1) is 12.3. The molecule has 1 aromatic heterocycles. The average Bonchev–Trinajstić information content (AvgIpc) is 2.85. The van der Waals surface area contributed by atoms with E-state index in [1.807, 2.05) is 41.2 Å². The zero-order chi connectivity index (χ0) is 12.8. The Kier molecular flexibility index (Phi) is 4.03. The van der Waals surface area contributed by atoms with Crippen molar-refractivity contribution in [2.45, 2.75) is 26.4 Å². The fourth-order valence-electron chi connectivity index (χ4n) is 1.83. The summed E-state index contributed by atoms with van der Waals surface area (Å²) in [6.07, 6.45) is 8.30. The molecular weight excluding hydrogens is 222 g/mol. The van der Waals surface area contributed by atoms with Gasteiger partial charge in [-0.25, -0.2) is 0 Å². The Bertz CT molecular complexity index is 549. The van der Waals surface area contributed by atoms with Gasteiger partial charge in [-0.2, -0.15) is 5.10 Å². The first-order valence-electron chi connectivity index (χ1n) is 6.14. The highest BCUT2D eigenvalue weighted by atomic mass is 15.3. The molecule has 0 saturated heterocycles. The number of nitrogens with zero attached hydrogens (tertiary/aromatic N) is 2. The Morgan fingerprint density at radius 1 is 1.39 bits per heavy atom. The van der Waals surface area contributed by atoms with Crippen molar-refractivity contribution in [3.63, 3.8) is 0 Å². The largest absolute Gasteiger partial charge is 0.379 e. The highest BCUT2D eigenvalue weighted by Gasteiger charge is 2.01. The predicted octanol–water partition coefficient (Wildman–Crippen LogP) is 2.89. The van der Waals surface area contributed by atoms with Gasteiger partial charge in [-0.3, -0.25) is 4.68 Å². The quantitative estimate of drug-likeness (QED) is 0.813. The molecule has 0 saturated carbocycles. The number of aromatic nitrogens is 2. The number of nitrogens with one attached hydrogen (secondary N) is 1. The van der Waals surface area contributed by atoms with E-state index in [1.54, 1.807) is 0 Å². The highest BCUT2D eigenvalue weighted by Crippen LogP contribution is 2.11. The maximum absolute atomic E-state index is 5.38. The molecule has 0 amide bonds. The number of aryl methyl sites for hydroxylation is 1. The van der Waals surface area contributed by atoms with Crippen molar-refractivity contribution in [1.29, 1.82) is 0 Å². The summed E-state index contributed by atoms with van der Waals surface area (Å²) in [5.41, 5.74) is 3.11. The number of hydrogen-bond acceptors (Lipinski definition) is 2. The van der Waals surface area contributed by atoms with Crippen LogP contribution < -0.4 is 5.32 Å². The molecule has 0 aliphatic rings. The molecular formula is C15H17N3. The Labute approximate surface area is 108 Å². The van der Waals surface area contributed by atoms with Crippen molar-refractivity contribution < 1.29 is 0 Å². The topological polar surface area (TPSA) is 29.9 Å². The zero-order valence-corrected chi connectivity index (χ0v) is 10.6. The summed E-state index contributed by atoms with van der Waals surface area (Å²) < 4.78 is 2.03. The molecule has 0 radical (unpaired) electrons. The molecule has 0 spiro atoms. The normalized spacial score (nSPS) is 10.0. The lowest BCUT2D eigenvalue weighted by atomic mass is 10.2. The first-order valence-corrected chi connectivity index (χ1v) is 6.14. The van der Waals surface area contributed by atoms with Crippen LogP contribution in [0, 0.1) is 12.3 Å². The fraction of sp³-hybridized carbons (Fsp3) is 0.267. The number of anilines is 1. The van der Waals surface area contributed by atoms with E-state index in [0.29, 0.717) is 0 Å². The van der Waals surface area contributed by atoms with Gasteiger partial charge in [0.05, 0.1) is 12.2 Å². The molecule has 92 valence electrons. The van der Waals surface area contributed by atoms with E-state index in [0.717, 1.165) is 30.8 Å². The third-order valence-electron chi connectivity index (χ3n) is 2.74. The SMILES string of the molecule is C#Cc1cccc(NCc2ccnn2CCC)c1. The van der Waals surface area contributed by atoms with Crippen molar-refractivity contribution in [2.24, 2.45) is 0 Å². The summed E-state index contributed by atoms with van der Waals surface area (Å²) in [6.45, 7) is 3.86. The third-order valence-corrected chi connectivity index (χ3v) is 2.74. The van der Waals surface area contributed by atoms with E-state index < -0.39 is 0 Å². The summed E-state index contributed by atoms with van der Waals surface area (Å²) in [4.78, 5) is 0. The molecule has 0 atom stereocenters. The molecule has 1 N–H and O–H groups in total. The molecule has 1 heterocycles. The van der Waals surface area contributed by atoms with Gasteiger partial charge in [0.15, 0.2) is 0 Å². The zero-order valence-electron chi connectivity index (χ0n) is 10.6. The number of benzene rings is 1. The smallest absolute Gasteiger partial charge is 0.0575 e. The number of terminal acetylenes is 1. The second-order valence-corrected chi connectivity index (χ2v) is 4.12. The Balaban J connectivity index is 2.02. The Hall–Kier alpha value is -2.21. The van der Waals surface area contributed by atoms with Crippen LogP contribution in [0.5, 0.6) is 0 Å². The fourth-order valence-corrected chi connectivity index (χ4v) is 1.83. The standard InChI is InChI=1S/C15H17N3/c1-3-10-18-15(8-9-17-18)12-16-14-7-5-6-13(4-2)11-14/h2,5-9,11,16H,3,10,12H2,1H3. The molecule has 3 heteroatoms. The van der Waals surface area contributed by atoms with Crippen molar-refractivity contribution in [3.8, 4) is 12.3 Å². The third kappa shape index (κ3) is 2.92. The average molecular weight is 239 g/mol. The highest BCUT2D eigenvalue weighted by molar-refractivity contribution is 5.50. The molecule has 0 fully saturated rings. The van der Waals surface area contributed by atoms with Gasteiger partial charge in [0.1, 0.15) is 0 Å². The van der Waals surface area contributed by atoms with Crippen LogP contribution in [0.4, 0.5) is 5.69 Å². The molecule has 0 unspecified atom stereocenters.